The van der Waals surface area contributed by atoms with Crippen LogP contribution in [-0.2, 0) is 11.2 Å². The predicted octanol–water partition coefficient (Wildman–Crippen LogP) is 0.893. The molecular weight excluding hydrogens is 194 g/mol. The molecule has 0 aliphatic carbocycles. The number of nitrogens with zero attached hydrogens (tertiary/aromatic N) is 3. The zero-order chi connectivity index (χ0) is 9.42. The number of fused-ring (bicyclic) bond motifs is 1. The molecule has 6 heteroatoms. The van der Waals surface area contributed by atoms with Crippen LogP contribution < -0.4 is 0 Å². The van der Waals surface area contributed by atoms with Gasteiger partial charge in [-0.3, -0.25) is 0 Å². The highest BCUT2D eigenvalue weighted by atomic mass is 35.5. The van der Waals surface area contributed by atoms with E-state index in [2.05, 4.69) is 10.1 Å². The number of hydrogen-bond acceptors (Lipinski definition) is 3. The van der Waals surface area contributed by atoms with E-state index in [4.69, 9.17) is 16.7 Å². The standard InChI is InChI=1S/C7H8ClN3O2/c8-7-9-5-3-1-2-4(6(12)13)11(5)10-7/h4H,1-3H2,(H,12,13). The second kappa shape index (κ2) is 2.99. The molecule has 2 rings (SSSR count). The van der Waals surface area contributed by atoms with Crippen LogP contribution in [0.2, 0.25) is 5.28 Å². The van der Waals surface area contributed by atoms with Gasteiger partial charge in [-0.2, -0.15) is 0 Å². The molecular formula is C7H8ClN3O2. The van der Waals surface area contributed by atoms with Crippen molar-refractivity contribution in [3.8, 4) is 0 Å². The van der Waals surface area contributed by atoms with Crippen molar-refractivity contribution in [1.29, 1.82) is 0 Å². The Labute approximate surface area is 79.3 Å². The average molecular weight is 202 g/mol. The van der Waals surface area contributed by atoms with E-state index in [0.29, 0.717) is 12.2 Å². The lowest BCUT2D eigenvalue weighted by atomic mass is 10.1. The Morgan fingerprint density at radius 1 is 1.69 bits per heavy atom. The second-order valence-electron chi connectivity index (χ2n) is 2.99. The van der Waals surface area contributed by atoms with Crippen molar-refractivity contribution in [2.75, 3.05) is 0 Å². The third kappa shape index (κ3) is 1.39. The molecule has 0 spiro atoms. The normalized spacial score (nSPS) is 21.2. The fourth-order valence-corrected chi connectivity index (χ4v) is 1.73. The highest BCUT2D eigenvalue weighted by molar-refractivity contribution is 6.28. The quantitative estimate of drug-likeness (QED) is 0.733. The van der Waals surface area contributed by atoms with Crippen LogP contribution >= 0.6 is 11.6 Å². The molecule has 5 nitrogen and oxygen atoms in total. The molecule has 0 saturated carbocycles. The number of aryl methyl sites for hydroxylation is 1. The van der Waals surface area contributed by atoms with Crippen molar-refractivity contribution in [3.63, 3.8) is 0 Å². The lowest BCUT2D eigenvalue weighted by molar-refractivity contribution is -0.141. The number of aliphatic carboxylic acids is 1. The van der Waals surface area contributed by atoms with Gasteiger partial charge in [0.15, 0.2) is 6.04 Å². The summed E-state index contributed by atoms with van der Waals surface area (Å²) in [6.07, 6.45) is 2.18. The zero-order valence-corrected chi connectivity index (χ0v) is 7.53. The molecule has 0 fully saturated rings. The fourth-order valence-electron chi connectivity index (χ4n) is 1.55. The molecule has 13 heavy (non-hydrogen) atoms. The molecule has 2 heterocycles. The molecule has 0 aromatic carbocycles. The number of aromatic nitrogens is 3. The minimum absolute atomic E-state index is 0.128. The molecule has 0 amide bonds. The number of halogens is 1. The van der Waals surface area contributed by atoms with Gasteiger partial charge in [0.2, 0.25) is 5.28 Å². The van der Waals surface area contributed by atoms with Gasteiger partial charge >= 0.3 is 5.97 Å². The summed E-state index contributed by atoms with van der Waals surface area (Å²) >= 11 is 5.58. The predicted molar refractivity (Wildman–Crippen MR) is 44.6 cm³/mol. The average Bonchev–Trinajstić information content (AvgIpc) is 2.43. The number of rotatable bonds is 1. The topological polar surface area (TPSA) is 68.0 Å². The molecule has 1 aromatic heterocycles. The molecule has 0 bridgehead atoms. The van der Waals surface area contributed by atoms with Crippen LogP contribution in [0.15, 0.2) is 0 Å². The van der Waals surface area contributed by atoms with Crippen molar-refractivity contribution in [3.05, 3.63) is 11.1 Å². The zero-order valence-electron chi connectivity index (χ0n) is 6.77. The van der Waals surface area contributed by atoms with Crippen LogP contribution in [0, 0.1) is 0 Å². The molecule has 1 aliphatic heterocycles. The van der Waals surface area contributed by atoms with Crippen molar-refractivity contribution >= 4 is 17.6 Å². The first-order chi connectivity index (χ1) is 6.18. The summed E-state index contributed by atoms with van der Waals surface area (Å²) < 4.78 is 1.41. The maximum atomic E-state index is 10.8. The minimum atomic E-state index is -0.873. The van der Waals surface area contributed by atoms with Crippen LogP contribution in [0.25, 0.3) is 0 Å². The lowest BCUT2D eigenvalue weighted by Crippen LogP contribution is -2.25. The van der Waals surface area contributed by atoms with E-state index in [-0.39, 0.29) is 5.28 Å². The summed E-state index contributed by atoms with van der Waals surface area (Å²) in [5, 5.41) is 12.8. The molecule has 0 radical (unpaired) electrons. The molecule has 1 N–H and O–H groups in total. The Balaban J connectivity index is 2.41. The second-order valence-corrected chi connectivity index (χ2v) is 3.33. The Morgan fingerprint density at radius 3 is 3.15 bits per heavy atom. The Bertz CT molecular complexity index is 350. The smallest absolute Gasteiger partial charge is 0.328 e. The van der Waals surface area contributed by atoms with Gasteiger partial charge in [0.05, 0.1) is 0 Å². The Morgan fingerprint density at radius 2 is 2.46 bits per heavy atom. The van der Waals surface area contributed by atoms with Crippen molar-refractivity contribution in [2.45, 2.75) is 25.3 Å². The summed E-state index contributed by atoms with van der Waals surface area (Å²) in [4.78, 5) is 14.7. The van der Waals surface area contributed by atoms with Gasteiger partial charge in [-0.1, -0.05) is 0 Å². The van der Waals surface area contributed by atoms with Gasteiger partial charge in [0, 0.05) is 6.42 Å². The number of hydrogen-bond donors (Lipinski definition) is 1. The summed E-state index contributed by atoms with van der Waals surface area (Å²) in [5.74, 6) is -0.203. The van der Waals surface area contributed by atoms with Crippen LogP contribution in [0.1, 0.15) is 24.7 Å². The maximum Gasteiger partial charge on any atom is 0.328 e. The number of carboxylic acid groups (broad SMARTS) is 1. The van der Waals surface area contributed by atoms with Crippen LogP contribution in [0.4, 0.5) is 0 Å². The summed E-state index contributed by atoms with van der Waals surface area (Å²) in [6, 6.07) is -0.594. The van der Waals surface area contributed by atoms with Crippen LogP contribution in [0.3, 0.4) is 0 Å². The first-order valence-electron chi connectivity index (χ1n) is 4.02. The largest absolute Gasteiger partial charge is 0.480 e. The number of carbonyl (C=O) groups is 1. The first-order valence-corrected chi connectivity index (χ1v) is 4.40. The number of carboxylic acids is 1. The van der Waals surface area contributed by atoms with E-state index in [1.165, 1.54) is 4.68 Å². The molecule has 1 unspecified atom stereocenters. The van der Waals surface area contributed by atoms with Gasteiger partial charge < -0.3 is 5.11 Å². The summed E-state index contributed by atoms with van der Waals surface area (Å²) in [7, 11) is 0. The van der Waals surface area contributed by atoms with Gasteiger partial charge in [0.1, 0.15) is 5.82 Å². The van der Waals surface area contributed by atoms with Crippen LogP contribution in [-0.4, -0.2) is 25.8 Å². The molecule has 1 atom stereocenters. The van der Waals surface area contributed by atoms with Gasteiger partial charge in [-0.05, 0) is 24.4 Å². The van der Waals surface area contributed by atoms with E-state index >= 15 is 0 Å². The third-order valence-corrected chi connectivity index (χ3v) is 2.29. The van der Waals surface area contributed by atoms with E-state index in [1.807, 2.05) is 0 Å². The fraction of sp³-hybridized carbons (Fsp3) is 0.571. The Kier molecular flexibility index (Phi) is 1.95. The highest BCUT2D eigenvalue weighted by Crippen LogP contribution is 2.23. The molecule has 1 aliphatic rings. The van der Waals surface area contributed by atoms with E-state index in [9.17, 15) is 4.79 Å². The van der Waals surface area contributed by atoms with Crippen molar-refractivity contribution in [2.24, 2.45) is 0 Å². The maximum absolute atomic E-state index is 10.8. The molecule has 1 aromatic rings. The van der Waals surface area contributed by atoms with Gasteiger partial charge in [-0.25, -0.2) is 14.5 Å². The van der Waals surface area contributed by atoms with Gasteiger partial charge in [0.25, 0.3) is 0 Å². The third-order valence-electron chi connectivity index (χ3n) is 2.13. The van der Waals surface area contributed by atoms with Crippen molar-refractivity contribution in [1.82, 2.24) is 14.8 Å². The van der Waals surface area contributed by atoms with Crippen LogP contribution in [0.5, 0.6) is 0 Å². The van der Waals surface area contributed by atoms with Gasteiger partial charge in [-0.15, -0.1) is 5.10 Å². The molecule has 0 saturated heterocycles. The van der Waals surface area contributed by atoms with Crippen molar-refractivity contribution < 1.29 is 9.90 Å². The lowest BCUT2D eigenvalue weighted by Gasteiger charge is -2.18. The highest BCUT2D eigenvalue weighted by Gasteiger charge is 2.27. The van der Waals surface area contributed by atoms with E-state index in [1.54, 1.807) is 0 Å². The van der Waals surface area contributed by atoms with E-state index < -0.39 is 12.0 Å². The summed E-state index contributed by atoms with van der Waals surface area (Å²) in [6.45, 7) is 0. The van der Waals surface area contributed by atoms with E-state index in [0.717, 1.165) is 12.8 Å². The summed E-state index contributed by atoms with van der Waals surface area (Å²) in [5.41, 5.74) is 0. The Hall–Kier alpha value is -1.10. The minimum Gasteiger partial charge on any atom is -0.480 e. The monoisotopic (exact) mass is 201 g/mol. The first kappa shape index (κ1) is 8.50. The molecule has 70 valence electrons. The SMILES string of the molecule is O=C(O)C1CCCc2nc(Cl)nn21.